The van der Waals surface area contributed by atoms with Crippen LogP contribution >= 0.6 is 0 Å². The number of ether oxygens (including phenoxy) is 2. The summed E-state index contributed by atoms with van der Waals surface area (Å²) in [7, 11) is 0. The minimum Gasteiger partial charge on any atom is -0.462 e. The van der Waals surface area contributed by atoms with Gasteiger partial charge in [0.25, 0.3) is 0 Å². The van der Waals surface area contributed by atoms with Gasteiger partial charge < -0.3 is 9.47 Å². The molecule has 0 aromatic carbocycles. The van der Waals surface area contributed by atoms with Crippen molar-refractivity contribution in [3.05, 3.63) is 24.3 Å². The maximum atomic E-state index is 11.1. The van der Waals surface area contributed by atoms with E-state index in [1.165, 1.54) is 44.9 Å². The Kier molecular flexibility index (Phi) is 14.7. The van der Waals surface area contributed by atoms with E-state index in [0.29, 0.717) is 17.8 Å². The van der Waals surface area contributed by atoms with E-state index in [1.807, 2.05) is 0 Å². The van der Waals surface area contributed by atoms with Crippen molar-refractivity contribution in [1.82, 2.24) is 0 Å². The smallest absolute Gasteiger partial charge is 0.333 e. The minimum atomic E-state index is -0.265. The average Bonchev–Trinajstić information content (AvgIpc) is 2.62. The van der Waals surface area contributed by atoms with Crippen LogP contribution in [0.15, 0.2) is 24.3 Å². The molecule has 0 amide bonds. The summed E-state index contributed by atoms with van der Waals surface area (Å²) in [5, 5.41) is 0. The SMILES string of the molecule is C=C(C)C(=O)OC1CCCCC1.C=C(C)C(=O)OCCCCCCCC. The number of rotatable bonds is 10. The van der Waals surface area contributed by atoms with Crippen molar-refractivity contribution in [2.75, 3.05) is 6.61 Å². The van der Waals surface area contributed by atoms with E-state index in [-0.39, 0.29) is 18.0 Å². The lowest BCUT2D eigenvalue weighted by atomic mass is 9.98. The highest BCUT2D eigenvalue weighted by molar-refractivity contribution is 5.87. The van der Waals surface area contributed by atoms with E-state index in [4.69, 9.17) is 9.47 Å². The van der Waals surface area contributed by atoms with Gasteiger partial charge in [-0.2, -0.15) is 0 Å². The quantitative estimate of drug-likeness (QED) is 0.274. The van der Waals surface area contributed by atoms with E-state index in [2.05, 4.69) is 20.1 Å². The minimum absolute atomic E-state index is 0.156. The third-order valence-electron chi connectivity index (χ3n) is 4.25. The molecule has 0 heterocycles. The molecule has 0 N–H and O–H groups in total. The highest BCUT2D eigenvalue weighted by Gasteiger charge is 2.17. The Labute approximate surface area is 160 Å². The van der Waals surface area contributed by atoms with Gasteiger partial charge in [0, 0.05) is 11.1 Å². The lowest BCUT2D eigenvalue weighted by Crippen LogP contribution is -2.20. The summed E-state index contributed by atoms with van der Waals surface area (Å²) >= 11 is 0. The summed E-state index contributed by atoms with van der Waals surface area (Å²) in [5.41, 5.74) is 0.983. The van der Waals surface area contributed by atoms with Crippen molar-refractivity contribution < 1.29 is 19.1 Å². The number of esters is 2. The molecule has 0 atom stereocenters. The highest BCUT2D eigenvalue weighted by Crippen LogP contribution is 2.20. The molecular formula is C22H38O4. The van der Waals surface area contributed by atoms with Crippen LogP contribution in [0.4, 0.5) is 0 Å². The summed E-state index contributed by atoms with van der Waals surface area (Å²) in [6.45, 7) is 13.2. The number of hydrogen-bond donors (Lipinski definition) is 0. The van der Waals surface area contributed by atoms with Crippen molar-refractivity contribution in [2.45, 2.75) is 97.5 Å². The Morgan fingerprint density at radius 3 is 1.92 bits per heavy atom. The Morgan fingerprint density at radius 2 is 1.38 bits per heavy atom. The van der Waals surface area contributed by atoms with E-state index in [0.717, 1.165) is 25.7 Å². The average molecular weight is 367 g/mol. The van der Waals surface area contributed by atoms with E-state index < -0.39 is 0 Å². The zero-order valence-electron chi connectivity index (χ0n) is 17.1. The summed E-state index contributed by atoms with van der Waals surface area (Å²) in [5.74, 6) is -0.500. The summed E-state index contributed by atoms with van der Waals surface area (Å²) in [6, 6.07) is 0. The Hall–Kier alpha value is -1.58. The second-order valence-corrected chi connectivity index (χ2v) is 7.13. The molecule has 1 aliphatic carbocycles. The maximum absolute atomic E-state index is 11.1. The van der Waals surface area contributed by atoms with Crippen LogP contribution in [0, 0.1) is 0 Å². The predicted octanol–water partition coefficient (Wildman–Crippen LogP) is 5.90. The first kappa shape index (κ1) is 24.4. The Balaban J connectivity index is 0.000000485. The van der Waals surface area contributed by atoms with Gasteiger partial charge in [0.1, 0.15) is 6.10 Å². The van der Waals surface area contributed by atoms with Gasteiger partial charge in [-0.15, -0.1) is 0 Å². The second-order valence-electron chi connectivity index (χ2n) is 7.13. The molecule has 4 heteroatoms. The summed E-state index contributed by atoms with van der Waals surface area (Å²) in [6.07, 6.45) is 13.1. The van der Waals surface area contributed by atoms with Gasteiger partial charge in [-0.1, -0.05) is 58.6 Å². The second kappa shape index (κ2) is 15.7. The molecule has 0 aromatic heterocycles. The Bertz CT molecular complexity index is 433. The zero-order valence-corrected chi connectivity index (χ0v) is 17.1. The fraction of sp³-hybridized carbons (Fsp3) is 0.727. The molecule has 0 spiro atoms. The van der Waals surface area contributed by atoms with Crippen molar-refractivity contribution in [3.63, 3.8) is 0 Å². The van der Waals surface area contributed by atoms with Gasteiger partial charge >= 0.3 is 11.9 Å². The van der Waals surface area contributed by atoms with Crippen LogP contribution < -0.4 is 0 Å². The van der Waals surface area contributed by atoms with E-state index in [9.17, 15) is 9.59 Å². The van der Waals surface area contributed by atoms with Crippen LogP contribution in [0.3, 0.4) is 0 Å². The maximum Gasteiger partial charge on any atom is 0.333 e. The number of carbonyl (C=O) groups excluding carboxylic acids is 2. The number of hydrogen-bond acceptors (Lipinski definition) is 4. The molecule has 0 aromatic rings. The van der Waals surface area contributed by atoms with Crippen LogP contribution in [0.1, 0.15) is 91.4 Å². The zero-order chi connectivity index (χ0) is 19.8. The molecule has 1 saturated carbocycles. The fourth-order valence-corrected chi connectivity index (χ4v) is 2.61. The third kappa shape index (κ3) is 13.7. The molecule has 0 saturated heterocycles. The van der Waals surface area contributed by atoms with Gasteiger partial charge in [0.15, 0.2) is 0 Å². The molecule has 0 unspecified atom stereocenters. The van der Waals surface area contributed by atoms with Crippen molar-refractivity contribution >= 4 is 11.9 Å². The first-order valence-electron chi connectivity index (χ1n) is 10.1. The Morgan fingerprint density at radius 1 is 0.846 bits per heavy atom. The van der Waals surface area contributed by atoms with E-state index in [1.54, 1.807) is 13.8 Å². The lowest BCUT2D eigenvalue weighted by molar-refractivity contribution is -0.145. The first-order chi connectivity index (χ1) is 12.4. The molecule has 0 bridgehead atoms. The van der Waals surface area contributed by atoms with Gasteiger partial charge in [-0.05, 0) is 46.0 Å². The van der Waals surface area contributed by atoms with Gasteiger partial charge in [-0.3, -0.25) is 0 Å². The molecule has 4 nitrogen and oxygen atoms in total. The summed E-state index contributed by atoms with van der Waals surface area (Å²) in [4.78, 5) is 22.0. The molecule has 1 fully saturated rings. The molecule has 0 radical (unpaired) electrons. The van der Waals surface area contributed by atoms with Gasteiger partial charge in [0.05, 0.1) is 6.61 Å². The highest BCUT2D eigenvalue weighted by atomic mass is 16.5. The first-order valence-corrected chi connectivity index (χ1v) is 10.1. The summed E-state index contributed by atoms with van der Waals surface area (Å²) < 4.78 is 10.2. The largest absolute Gasteiger partial charge is 0.462 e. The normalized spacial score (nSPS) is 14.0. The van der Waals surface area contributed by atoms with Gasteiger partial charge in [0.2, 0.25) is 0 Å². The molecule has 1 aliphatic rings. The van der Waals surface area contributed by atoms with Crippen molar-refractivity contribution in [3.8, 4) is 0 Å². The standard InChI is InChI=1S/C12H22O2.C10H16O2/c1-4-5-6-7-8-9-10-14-12(13)11(2)3;1-8(2)10(11)12-9-6-4-3-5-7-9/h2,4-10H2,1,3H3;9H,1,3-7H2,2H3. The number of unbranched alkanes of at least 4 members (excludes halogenated alkanes) is 5. The molecule has 0 aliphatic heterocycles. The molecular weight excluding hydrogens is 328 g/mol. The predicted molar refractivity (Wildman–Crippen MR) is 107 cm³/mol. The molecule has 1 rings (SSSR count). The monoisotopic (exact) mass is 366 g/mol. The van der Waals surface area contributed by atoms with Crippen molar-refractivity contribution in [2.24, 2.45) is 0 Å². The van der Waals surface area contributed by atoms with Crippen LogP contribution in [-0.4, -0.2) is 24.6 Å². The fourth-order valence-electron chi connectivity index (χ4n) is 2.61. The number of carbonyl (C=O) groups is 2. The van der Waals surface area contributed by atoms with Crippen LogP contribution in [0.25, 0.3) is 0 Å². The van der Waals surface area contributed by atoms with Crippen molar-refractivity contribution in [1.29, 1.82) is 0 Å². The van der Waals surface area contributed by atoms with E-state index >= 15 is 0 Å². The lowest BCUT2D eigenvalue weighted by Gasteiger charge is -2.21. The van der Waals surface area contributed by atoms with Crippen LogP contribution in [0.2, 0.25) is 0 Å². The third-order valence-corrected chi connectivity index (χ3v) is 4.25. The topological polar surface area (TPSA) is 52.6 Å². The molecule has 26 heavy (non-hydrogen) atoms. The van der Waals surface area contributed by atoms with Crippen LogP contribution in [0.5, 0.6) is 0 Å². The molecule has 150 valence electrons. The van der Waals surface area contributed by atoms with Gasteiger partial charge in [-0.25, -0.2) is 9.59 Å². The van der Waals surface area contributed by atoms with Crippen LogP contribution in [-0.2, 0) is 19.1 Å².